The van der Waals surface area contributed by atoms with Crippen LogP contribution in [-0.4, -0.2) is 10.9 Å². The predicted molar refractivity (Wildman–Crippen MR) is 54.8 cm³/mol. The van der Waals surface area contributed by atoms with E-state index in [1.165, 1.54) is 12.1 Å². The molecule has 0 aliphatic heterocycles. The summed E-state index contributed by atoms with van der Waals surface area (Å²) in [5, 5.41) is 0. The van der Waals surface area contributed by atoms with E-state index in [9.17, 15) is 13.6 Å². The average molecular weight is 239 g/mol. The minimum Gasteiger partial charge on any atom is -0.420 e. The van der Waals surface area contributed by atoms with Gasteiger partial charge in [-0.3, -0.25) is 4.79 Å². The molecule has 0 saturated carbocycles. The van der Waals surface area contributed by atoms with Gasteiger partial charge in [0.15, 0.2) is 17.3 Å². The number of benzene rings is 1. The third-order valence-corrected chi connectivity index (χ3v) is 2.07. The number of rotatable bonds is 2. The number of hydrogen-bond acceptors (Lipinski definition) is 4. The SMILES string of the molecule is NC(=O)c1nc(-c2cccc(F)c2F)oc1N. The first-order valence-electron chi connectivity index (χ1n) is 4.51. The van der Waals surface area contributed by atoms with Gasteiger partial charge in [0.2, 0.25) is 11.8 Å². The Morgan fingerprint density at radius 2 is 2.06 bits per heavy atom. The largest absolute Gasteiger partial charge is 0.420 e. The van der Waals surface area contributed by atoms with Crippen LogP contribution in [0.5, 0.6) is 0 Å². The number of anilines is 1. The van der Waals surface area contributed by atoms with Gasteiger partial charge < -0.3 is 15.9 Å². The molecular formula is C10H7F2N3O2. The molecule has 0 bridgehead atoms. The molecule has 0 radical (unpaired) electrons. The fourth-order valence-electron chi connectivity index (χ4n) is 1.29. The molecule has 0 unspecified atom stereocenters. The fraction of sp³-hybridized carbons (Fsp3) is 0. The predicted octanol–water partition coefficient (Wildman–Crippen LogP) is 1.30. The minimum absolute atomic E-state index is 0.232. The quantitative estimate of drug-likeness (QED) is 0.825. The maximum atomic E-state index is 13.4. The van der Waals surface area contributed by atoms with Gasteiger partial charge in [-0.05, 0) is 12.1 Å². The van der Waals surface area contributed by atoms with E-state index in [0.29, 0.717) is 0 Å². The molecule has 2 rings (SSSR count). The number of oxazole rings is 1. The number of carbonyl (C=O) groups excluding carboxylic acids is 1. The van der Waals surface area contributed by atoms with Crippen LogP contribution < -0.4 is 11.5 Å². The van der Waals surface area contributed by atoms with E-state index in [1.807, 2.05) is 0 Å². The lowest BCUT2D eigenvalue weighted by atomic mass is 10.2. The summed E-state index contributed by atoms with van der Waals surface area (Å²) < 4.78 is 31.2. The second-order valence-electron chi connectivity index (χ2n) is 3.20. The molecule has 1 heterocycles. The molecule has 0 spiro atoms. The molecule has 0 fully saturated rings. The Hall–Kier alpha value is -2.44. The first kappa shape index (κ1) is 11.1. The second-order valence-corrected chi connectivity index (χ2v) is 3.20. The van der Waals surface area contributed by atoms with Gasteiger partial charge in [-0.1, -0.05) is 6.07 Å². The maximum absolute atomic E-state index is 13.4. The zero-order chi connectivity index (χ0) is 12.6. The van der Waals surface area contributed by atoms with Gasteiger partial charge in [0, 0.05) is 0 Å². The lowest BCUT2D eigenvalue weighted by Crippen LogP contribution is -2.13. The summed E-state index contributed by atoms with van der Waals surface area (Å²) in [7, 11) is 0. The van der Waals surface area contributed by atoms with Crippen LogP contribution in [0.25, 0.3) is 11.5 Å². The molecule has 1 aromatic carbocycles. The van der Waals surface area contributed by atoms with Gasteiger partial charge in [-0.15, -0.1) is 0 Å². The Kier molecular flexibility index (Phi) is 2.51. The van der Waals surface area contributed by atoms with E-state index in [4.69, 9.17) is 15.9 Å². The summed E-state index contributed by atoms with van der Waals surface area (Å²) in [4.78, 5) is 14.5. The van der Waals surface area contributed by atoms with Crippen molar-refractivity contribution in [1.29, 1.82) is 0 Å². The van der Waals surface area contributed by atoms with Gasteiger partial charge in [-0.2, -0.15) is 0 Å². The molecule has 88 valence electrons. The number of nitrogens with zero attached hydrogens (tertiary/aromatic N) is 1. The van der Waals surface area contributed by atoms with Crippen LogP contribution in [0.2, 0.25) is 0 Å². The van der Waals surface area contributed by atoms with Crippen molar-refractivity contribution in [3.63, 3.8) is 0 Å². The monoisotopic (exact) mass is 239 g/mol. The summed E-state index contributed by atoms with van der Waals surface area (Å²) in [5.41, 5.74) is 9.74. The normalized spacial score (nSPS) is 10.5. The molecule has 1 aromatic heterocycles. The van der Waals surface area contributed by atoms with E-state index in [2.05, 4.69) is 4.98 Å². The molecule has 0 aliphatic carbocycles. The third kappa shape index (κ3) is 1.82. The molecule has 0 aliphatic rings. The first-order chi connectivity index (χ1) is 8.00. The summed E-state index contributed by atoms with van der Waals surface area (Å²) in [5.74, 6) is -3.73. The van der Waals surface area contributed by atoms with Crippen LogP contribution in [-0.2, 0) is 0 Å². The molecular weight excluding hydrogens is 232 g/mol. The minimum atomic E-state index is -1.13. The number of aromatic nitrogens is 1. The Balaban J connectivity index is 2.58. The smallest absolute Gasteiger partial charge is 0.273 e. The highest BCUT2D eigenvalue weighted by molar-refractivity contribution is 5.95. The standard InChI is InChI=1S/C10H7F2N3O2/c11-5-3-1-2-4(6(5)12)10-15-7(8(13)16)9(14)17-10/h1-3H,14H2,(H2,13,16). The number of carbonyl (C=O) groups is 1. The molecule has 7 heteroatoms. The number of halogens is 2. The average Bonchev–Trinajstić information content (AvgIpc) is 2.64. The lowest BCUT2D eigenvalue weighted by molar-refractivity contribution is 0.0996. The molecule has 2 aromatic rings. The number of hydrogen-bond donors (Lipinski definition) is 2. The molecule has 5 nitrogen and oxygen atoms in total. The van der Waals surface area contributed by atoms with Crippen LogP contribution in [0, 0.1) is 11.6 Å². The maximum Gasteiger partial charge on any atom is 0.273 e. The molecule has 1 amide bonds. The lowest BCUT2D eigenvalue weighted by Gasteiger charge is -1.97. The van der Waals surface area contributed by atoms with E-state index in [1.54, 1.807) is 0 Å². The first-order valence-corrected chi connectivity index (χ1v) is 4.51. The van der Waals surface area contributed by atoms with E-state index >= 15 is 0 Å². The highest BCUT2D eigenvalue weighted by atomic mass is 19.2. The van der Waals surface area contributed by atoms with Crippen LogP contribution in [0.3, 0.4) is 0 Å². The highest BCUT2D eigenvalue weighted by Crippen LogP contribution is 2.26. The van der Waals surface area contributed by atoms with Crippen molar-refractivity contribution in [3.8, 4) is 11.5 Å². The number of primary amides is 1. The molecule has 0 saturated heterocycles. The van der Waals surface area contributed by atoms with Crippen LogP contribution >= 0.6 is 0 Å². The van der Waals surface area contributed by atoms with Crippen LogP contribution in [0.15, 0.2) is 22.6 Å². The molecule has 17 heavy (non-hydrogen) atoms. The van der Waals surface area contributed by atoms with Crippen molar-refractivity contribution in [2.75, 3.05) is 5.73 Å². The van der Waals surface area contributed by atoms with E-state index in [-0.39, 0.29) is 23.0 Å². The molecule has 4 N–H and O–H groups in total. The summed E-state index contributed by atoms with van der Waals surface area (Å²) in [6.45, 7) is 0. The highest BCUT2D eigenvalue weighted by Gasteiger charge is 2.19. The van der Waals surface area contributed by atoms with Crippen molar-refractivity contribution >= 4 is 11.8 Å². The van der Waals surface area contributed by atoms with Gasteiger partial charge in [0.25, 0.3) is 5.91 Å². The second kappa shape index (κ2) is 3.85. The molecule has 0 atom stereocenters. The third-order valence-electron chi connectivity index (χ3n) is 2.07. The van der Waals surface area contributed by atoms with E-state index in [0.717, 1.165) is 6.07 Å². The van der Waals surface area contributed by atoms with Crippen LogP contribution in [0.4, 0.5) is 14.7 Å². The Labute approximate surface area is 94.0 Å². The van der Waals surface area contributed by atoms with Gasteiger partial charge in [0.05, 0.1) is 5.56 Å². The van der Waals surface area contributed by atoms with Crippen molar-refractivity contribution in [2.45, 2.75) is 0 Å². The Bertz CT molecular complexity index is 595. The van der Waals surface area contributed by atoms with Crippen molar-refractivity contribution in [3.05, 3.63) is 35.5 Å². The van der Waals surface area contributed by atoms with Crippen molar-refractivity contribution < 1.29 is 18.0 Å². The van der Waals surface area contributed by atoms with Gasteiger partial charge in [-0.25, -0.2) is 13.8 Å². The summed E-state index contributed by atoms with van der Waals surface area (Å²) in [6, 6.07) is 3.46. The Morgan fingerprint density at radius 3 is 2.65 bits per heavy atom. The number of amides is 1. The zero-order valence-electron chi connectivity index (χ0n) is 8.41. The topological polar surface area (TPSA) is 95.1 Å². The number of nitrogens with two attached hydrogens (primary N) is 2. The van der Waals surface area contributed by atoms with Crippen molar-refractivity contribution in [2.24, 2.45) is 5.73 Å². The van der Waals surface area contributed by atoms with E-state index < -0.39 is 17.5 Å². The van der Waals surface area contributed by atoms with Crippen molar-refractivity contribution in [1.82, 2.24) is 4.98 Å². The number of nitrogen functional groups attached to an aromatic ring is 1. The Morgan fingerprint density at radius 1 is 1.35 bits per heavy atom. The van der Waals surface area contributed by atoms with Gasteiger partial charge in [0.1, 0.15) is 0 Å². The summed E-state index contributed by atoms with van der Waals surface area (Å²) >= 11 is 0. The fourth-order valence-corrected chi connectivity index (χ4v) is 1.29. The van der Waals surface area contributed by atoms with Gasteiger partial charge >= 0.3 is 0 Å². The summed E-state index contributed by atoms with van der Waals surface area (Å²) in [6.07, 6.45) is 0. The van der Waals surface area contributed by atoms with Crippen LogP contribution in [0.1, 0.15) is 10.5 Å². The zero-order valence-corrected chi connectivity index (χ0v) is 8.41.